The van der Waals surface area contributed by atoms with Gasteiger partial charge in [0.05, 0.1) is 11.2 Å². The van der Waals surface area contributed by atoms with E-state index in [0.29, 0.717) is 23.0 Å². The molecule has 4 rings (SSSR count). The number of hydrogen-bond donors (Lipinski definition) is 2. The number of hydrogen-bond acceptors (Lipinski definition) is 5. The minimum Gasteiger partial charge on any atom is -0.352 e. The van der Waals surface area contributed by atoms with Crippen molar-refractivity contribution < 1.29 is 4.79 Å². The number of nitrogens with zero attached hydrogens (tertiary/aromatic N) is 4. The number of fused-ring (bicyclic) bond motifs is 1. The molecule has 0 saturated carbocycles. The van der Waals surface area contributed by atoms with Crippen molar-refractivity contribution in [1.29, 1.82) is 0 Å². The zero-order valence-electron chi connectivity index (χ0n) is 17.2. The van der Waals surface area contributed by atoms with Gasteiger partial charge >= 0.3 is 0 Å². The molecule has 2 aromatic carbocycles. The molecule has 31 heavy (non-hydrogen) atoms. The molecule has 0 saturated heterocycles. The zero-order chi connectivity index (χ0) is 21.6. The summed E-state index contributed by atoms with van der Waals surface area (Å²) in [6.07, 6.45) is 4.87. The maximum atomic E-state index is 12.6. The van der Waals surface area contributed by atoms with Gasteiger partial charge in [0.1, 0.15) is 12.2 Å². The van der Waals surface area contributed by atoms with Crippen LogP contribution < -0.4 is 5.32 Å². The largest absolute Gasteiger partial charge is 0.352 e. The number of H-pyrrole nitrogens is 1. The van der Waals surface area contributed by atoms with Gasteiger partial charge in [0.15, 0.2) is 5.82 Å². The highest BCUT2D eigenvalue weighted by molar-refractivity contribution is 6.30. The van der Waals surface area contributed by atoms with Gasteiger partial charge in [-0.05, 0) is 49.2 Å². The summed E-state index contributed by atoms with van der Waals surface area (Å²) >= 11 is 6.02. The van der Waals surface area contributed by atoms with E-state index in [0.717, 1.165) is 53.7 Å². The van der Waals surface area contributed by atoms with Crippen molar-refractivity contribution in [3.63, 3.8) is 0 Å². The topological polar surface area (TPSA) is 96.5 Å². The van der Waals surface area contributed by atoms with E-state index in [2.05, 4.69) is 27.4 Å². The van der Waals surface area contributed by atoms with Gasteiger partial charge in [0, 0.05) is 34.5 Å². The molecule has 7 nitrogen and oxygen atoms in total. The second-order valence-corrected chi connectivity index (χ2v) is 7.71. The Morgan fingerprint density at radius 1 is 1.10 bits per heavy atom. The Morgan fingerprint density at radius 3 is 2.68 bits per heavy atom. The number of carbonyl (C=O) groups is 1. The molecule has 2 N–H and O–H groups in total. The fourth-order valence-corrected chi connectivity index (χ4v) is 3.53. The van der Waals surface area contributed by atoms with Crippen molar-refractivity contribution >= 4 is 28.4 Å². The van der Waals surface area contributed by atoms with Crippen molar-refractivity contribution in [2.24, 2.45) is 0 Å². The molecule has 158 valence electrons. The number of rotatable bonds is 8. The predicted molar refractivity (Wildman–Crippen MR) is 121 cm³/mol. The quantitative estimate of drug-likeness (QED) is 0.401. The molecule has 0 aliphatic heterocycles. The second kappa shape index (κ2) is 9.66. The Labute approximate surface area is 185 Å². The molecule has 1 amide bonds. The normalized spacial score (nSPS) is 11.0. The van der Waals surface area contributed by atoms with Gasteiger partial charge in [-0.15, -0.1) is 10.2 Å². The average Bonchev–Trinajstić information content (AvgIpc) is 3.30. The molecule has 0 bridgehead atoms. The molecule has 0 spiro atoms. The van der Waals surface area contributed by atoms with Gasteiger partial charge in [-0.2, -0.15) is 0 Å². The number of halogens is 1. The number of nitrogens with one attached hydrogen (secondary N) is 2. The van der Waals surface area contributed by atoms with Crippen LogP contribution in [0, 0.1) is 0 Å². The van der Waals surface area contributed by atoms with E-state index in [1.807, 2.05) is 42.5 Å². The Hall–Kier alpha value is -3.32. The SMILES string of the molecule is CCCc1nc(-c2ccc(Cl)cc2)nc2cc(C(=O)NCCCc3nnc[nH]3)ccc12. The third kappa shape index (κ3) is 5.06. The number of amides is 1. The van der Waals surface area contributed by atoms with Gasteiger partial charge < -0.3 is 10.3 Å². The molecule has 8 heteroatoms. The van der Waals surface area contributed by atoms with Crippen molar-refractivity contribution in [3.8, 4) is 11.4 Å². The highest BCUT2D eigenvalue weighted by Gasteiger charge is 2.12. The molecule has 4 aromatic rings. The summed E-state index contributed by atoms with van der Waals surface area (Å²) in [6.45, 7) is 2.68. The minimum absolute atomic E-state index is 0.122. The number of aromatic nitrogens is 5. The van der Waals surface area contributed by atoms with Crippen LogP contribution in [0.4, 0.5) is 0 Å². The van der Waals surface area contributed by atoms with Crippen LogP contribution in [-0.2, 0) is 12.8 Å². The summed E-state index contributed by atoms with van der Waals surface area (Å²) < 4.78 is 0. The first-order valence-electron chi connectivity index (χ1n) is 10.3. The van der Waals surface area contributed by atoms with Crippen molar-refractivity contribution in [3.05, 3.63) is 70.9 Å². The first kappa shape index (κ1) is 20.9. The molecule has 2 heterocycles. The molecule has 0 radical (unpaired) electrons. The van der Waals surface area contributed by atoms with Gasteiger partial charge in [0.2, 0.25) is 0 Å². The fraction of sp³-hybridized carbons (Fsp3) is 0.261. The second-order valence-electron chi connectivity index (χ2n) is 7.28. The Morgan fingerprint density at radius 2 is 1.94 bits per heavy atom. The van der Waals surface area contributed by atoms with Gasteiger partial charge in [-0.25, -0.2) is 9.97 Å². The van der Waals surface area contributed by atoms with Crippen molar-refractivity contribution in [1.82, 2.24) is 30.5 Å². The van der Waals surface area contributed by atoms with Crippen LogP contribution in [-0.4, -0.2) is 37.6 Å². The standard InChI is InChI=1S/C23H23ClN6O/c1-2-4-19-18-11-8-16(23(31)25-12-3-5-21-26-14-27-30-21)13-20(18)29-22(28-19)15-6-9-17(24)10-7-15/h6-11,13-14H,2-5,12H2,1H3,(H,25,31)(H,26,27,30). The van der Waals surface area contributed by atoms with Crippen LogP contribution in [0.25, 0.3) is 22.3 Å². The van der Waals surface area contributed by atoms with Crippen LogP contribution in [0.2, 0.25) is 5.02 Å². The lowest BCUT2D eigenvalue weighted by molar-refractivity contribution is 0.0953. The van der Waals surface area contributed by atoms with Gasteiger partial charge in [-0.3, -0.25) is 4.79 Å². The highest BCUT2D eigenvalue weighted by atomic mass is 35.5. The molecular formula is C23H23ClN6O. The third-order valence-corrected chi connectivity index (χ3v) is 5.22. The van der Waals surface area contributed by atoms with Crippen LogP contribution in [0.15, 0.2) is 48.8 Å². The van der Waals surface area contributed by atoms with Crippen LogP contribution in [0.5, 0.6) is 0 Å². The highest BCUT2D eigenvalue weighted by Crippen LogP contribution is 2.24. The van der Waals surface area contributed by atoms with Crippen LogP contribution >= 0.6 is 11.6 Å². The molecular weight excluding hydrogens is 412 g/mol. The van der Waals surface area contributed by atoms with Crippen LogP contribution in [0.1, 0.15) is 41.6 Å². The van der Waals surface area contributed by atoms with Crippen LogP contribution in [0.3, 0.4) is 0 Å². The maximum absolute atomic E-state index is 12.6. The molecule has 0 unspecified atom stereocenters. The number of aromatic amines is 1. The van der Waals surface area contributed by atoms with E-state index in [9.17, 15) is 4.79 Å². The molecule has 0 aliphatic carbocycles. The maximum Gasteiger partial charge on any atom is 0.251 e. The van der Waals surface area contributed by atoms with E-state index < -0.39 is 0 Å². The summed E-state index contributed by atoms with van der Waals surface area (Å²) in [4.78, 5) is 25.1. The Kier molecular flexibility index (Phi) is 6.52. The molecule has 0 fully saturated rings. The third-order valence-electron chi connectivity index (χ3n) is 4.97. The number of carbonyl (C=O) groups excluding carboxylic acids is 1. The van der Waals surface area contributed by atoms with E-state index in [4.69, 9.17) is 21.6 Å². The monoisotopic (exact) mass is 434 g/mol. The van der Waals surface area contributed by atoms with Crippen molar-refractivity contribution in [2.45, 2.75) is 32.6 Å². The summed E-state index contributed by atoms with van der Waals surface area (Å²) in [5.74, 6) is 1.33. The minimum atomic E-state index is -0.122. The first-order chi connectivity index (χ1) is 15.1. The van der Waals surface area contributed by atoms with E-state index >= 15 is 0 Å². The zero-order valence-corrected chi connectivity index (χ0v) is 18.0. The lowest BCUT2D eigenvalue weighted by Crippen LogP contribution is -2.24. The summed E-state index contributed by atoms with van der Waals surface area (Å²) in [5.41, 5.74) is 3.22. The molecule has 2 aromatic heterocycles. The number of aryl methyl sites for hydroxylation is 2. The lowest BCUT2D eigenvalue weighted by atomic mass is 10.1. The predicted octanol–water partition coefficient (Wildman–Crippen LogP) is 4.38. The van der Waals surface area contributed by atoms with Gasteiger partial charge in [-0.1, -0.05) is 31.0 Å². The number of benzene rings is 2. The fourth-order valence-electron chi connectivity index (χ4n) is 3.40. The Balaban J connectivity index is 1.56. The average molecular weight is 435 g/mol. The van der Waals surface area contributed by atoms with E-state index in [1.165, 1.54) is 0 Å². The summed E-state index contributed by atoms with van der Waals surface area (Å²) in [5, 5.41) is 12.3. The lowest BCUT2D eigenvalue weighted by Gasteiger charge is -2.10. The Bertz CT molecular complexity index is 1170. The van der Waals surface area contributed by atoms with E-state index in [1.54, 1.807) is 6.33 Å². The van der Waals surface area contributed by atoms with Gasteiger partial charge in [0.25, 0.3) is 5.91 Å². The smallest absolute Gasteiger partial charge is 0.251 e. The first-order valence-corrected chi connectivity index (χ1v) is 10.7. The van der Waals surface area contributed by atoms with E-state index in [-0.39, 0.29) is 5.91 Å². The molecule has 0 aliphatic rings. The molecule has 0 atom stereocenters. The summed E-state index contributed by atoms with van der Waals surface area (Å²) in [6, 6.07) is 13.1. The summed E-state index contributed by atoms with van der Waals surface area (Å²) in [7, 11) is 0. The van der Waals surface area contributed by atoms with Crippen molar-refractivity contribution in [2.75, 3.05) is 6.54 Å².